The van der Waals surface area contributed by atoms with Crippen LogP contribution in [-0.4, -0.2) is 48.3 Å². The number of carbonyl (C=O) groups is 2. The largest absolute Gasteiger partial charge is 0.478 e. The van der Waals surface area contributed by atoms with Crippen molar-refractivity contribution < 1.29 is 19.4 Å². The number of hydrogen-bond donors (Lipinski definition) is 3. The Morgan fingerprint density at radius 1 is 1.50 bits per heavy atom. The molecule has 0 aromatic carbocycles. The summed E-state index contributed by atoms with van der Waals surface area (Å²) in [5.74, 6) is -1.14. The lowest BCUT2D eigenvalue weighted by molar-refractivity contribution is -0.121. The van der Waals surface area contributed by atoms with Gasteiger partial charge in [-0.2, -0.15) is 0 Å². The summed E-state index contributed by atoms with van der Waals surface area (Å²) in [6, 6.07) is 1.96. The summed E-state index contributed by atoms with van der Waals surface area (Å²) in [6.07, 6.45) is 0. The number of aromatic nitrogens is 1. The highest BCUT2D eigenvalue weighted by molar-refractivity contribution is 6.29. The number of anilines is 1. The molecule has 1 rings (SSSR count). The maximum atomic E-state index is 11.7. The first-order valence-electron chi connectivity index (χ1n) is 5.88. The summed E-state index contributed by atoms with van der Waals surface area (Å²) in [5, 5.41) is 14.4. The van der Waals surface area contributed by atoms with Crippen LogP contribution in [0.25, 0.3) is 0 Å². The zero-order valence-corrected chi connectivity index (χ0v) is 11.9. The minimum Gasteiger partial charge on any atom is -0.478 e. The Labute approximate surface area is 121 Å². The van der Waals surface area contributed by atoms with Crippen LogP contribution in [-0.2, 0) is 9.53 Å². The minimum atomic E-state index is -1.12. The second-order valence-corrected chi connectivity index (χ2v) is 4.41. The van der Waals surface area contributed by atoms with Crippen LogP contribution >= 0.6 is 11.6 Å². The van der Waals surface area contributed by atoms with Crippen LogP contribution in [0.4, 0.5) is 5.82 Å². The van der Waals surface area contributed by atoms with Gasteiger partial charge in [0.05, 0.1) is 12.2 Å². The van der Waals surface area contributed by atoms with Gasteiger partial charge in [0, 0.05) is 13.7 Å². The molecule has 0 aliphatic carbocycles. The van der Waals surface area contributed by atoms with Crippen molar-refractivity contribution in [2.45, 2.75) is 13.0 Å². The van der Waals surface area contributed by atoms with Gasteiger partial charge in [-0.25, -0.2) is 9.78 Å². The number of carboxylic acids is 1. The van der Waals surface area contributed by atoms with Crippen LogP contribution in [0, 0.1) is 0 Å². The predicted octanol–water partition coefficient (Wildman–Crippen LogP) is 0.996. The first kappa shape index (κ1) is 16.2. The highest BCUT2D eigenvalue weighted by Gasteiger charge is 2.14. The molecule has 0 bridgehead atoms. The Hall–Kier alpha value is -1.86. The lowest BCUT2D eigenvalue weighted by Gasteiger charge is -2.15. The van der Waals surface area contributed by atoms with Crippen molar-refractivity contribution in [3.05, 3.63) is 22.8 Å². The molecule has 8 heteroatoms. The molecule has 0 radical (unpaired) electrons. The van der Waals surface area contributed by atoms with E-state index >= 15 is 0 Å². The van der Waals surface area contributed by atoms with E-state index in [2.05, 4.69) is 15.6 Å². The van der Waals surface area contributed by atoms with E-state index in [1.54, 1.807) is 6.92 Å². The van der Waals surface area contributed by atoms with Crippen molar-refractivity contribution in [3.63, 3.8) is 0 Å². The molecule has 1 aromatic heterocycles. The van der Waals surface area contributed by atoms with E-state index in [0.717, 1.165) is 0 Å². The lowest BCUT2D eigenvalue weighted by Crippen LogP contribution is -2.39. The topological polar surface area (TPSA) is 101 Å². The molecule has 1 aromatic rings. The summed E-state index contributed by atoms with van der Waals surface area (Å²) >= 11 is 5.73. The third kappa shape index (κ3) is 5.02. The van der Waals surface area contributed by atoms with E-state index in [1.807, 2.05) is 0 Å². The molecule has 0 spiro atoms. The molecule has 0 fully saturated rings. The van der Waals surface area contributed by atoms with Crippen LogP contribution in [0.15, 0.2) is 12.1 Å². The molecule has 0 saturated heterocycles. The van der Waals surface area contributed by atoms with Gasteiger partial charge in [0.15, 0.2) is 0 Å². The Bertz CT molecular complexity index is 496. The molecule has 0 aliphatic rings. The summed E-state index contributed by atoms with van der Waals surface area (Å²) < 4.78 is 4.82. The standard InChI is InChI=1S/C12H16ClN3O4/c1-7(11(17)14-3-4-20-2)15-10-6-8(12(18)19)5-9(13)16-10/h5-7H,3-4H2,1-2H3,(H,14,17)(H,15,16)(H,18,19). The molecule has 7 nitrogen and oxygen atoms in total. The molecule has 1 amide bonds. The first-order chi connectivity index (χ1) is 9.43. The molecule has 3 N–H and O–H groups in total. The quantitative estimate of drug-likeness (QED) is 0.513. The van der Waals surface area contributed by atoms with Gasteiger partial charge in [-0.3, -0.25) is 4.79 Å². The van der Waals surface area contributed by atoms with Crippen LogP contribution in [0.3, 0.4) is 0 Å². The maximum absolute atomic E-state index is 11.7. The van der Waals surface area contributed by atoms with Crippen LogP contribution in [0.5, 0.6) is 0 Å². The first-order valence-corrected chi connectivity index (χ1v) is 6.26. The third-order valence-corrected chi connectivity index (χ3v) is 2.60. The normalized spacial score (nSPS) is 11.8. The second-order valence-electron chi connectivity index (χ2n) is 4.02. The third-order valence-electron chi connectivity index (χ3n) is 2.40. The van der Waals surface area contributed by atoms with Gasteiger partial charge >= 0.3 is 5.97 Å². The van der Waals surface area contributed by atoms with E-state index < -0.39 is 12.0 Å². The zero-order chi connectivity index (χ0) is 15.1. The van der Waals surface area contributed by atoms with E-state index in [1.165, 1.54) is 19.2 Å². The number of carboxylic acid groups (broad SMARTS) is 1. The van der Waals surface area contributed by atoms with Gasteiger partial charge in [0.1, 0.15) is 17.0 Å². The van der Waals surface area contributed by atoms with Crippen LogP contribution < -0.4 is 10.6 Å². The Kier molecular flexibility index (Phi) is 6.20. The fourth-order valence-corrected chi connectivity index (χ4v) is 1.62. The number of methoxy groups -OCH3 is 1. The monoisotopic (exact) mass is 301 g/mol. The highest BCUT2D eigenvalue weighted by atomic mass is 35.5. The lowest BCUT2D eigenvalue weighted by atomic mass is 10.2. The van der Waals surface area contributed by atoms with Gasteiger partial charge < -0.3 is 20.5 Å². The fourth-order valence-electron chi connectivity index (χ4n) is 1.41. The number of pyridine rings is 1. The molecule has 1 heterocycles. The van der Waals surface area contributed by atoms with Gasteiger partial charge in [-0.05, 0) is 19.1 Å². The number of nitrogens with zero attached hydrogens (tertiary/aromatic N) is 1. The number of carbonyl (C=O) groups excluding carboxylic acids is 1. The van der Waals surface area contributed by atoms with E-state index in [4.69, 9.17) is 21.4 Å². The number of nitrogens with one attached hydrogen (secondary N) is 2. The molecule has 0 aliphatic heterocycles. The molecule has 20 heavy (non-hydrogen) atoms. The van der Waals surface area contributed by atoms with Gasteiger partial charge in [0.25, 0.3) is 0 Å². The number of halogens is 1. The molecule has 0 saturated carbocycles. The maximum Gasteiger partial charge on any atom is 0.335 e. The molecular formula is C12H16ClN3O4. The second kappa shape index (κ2) is 7.66. The summed E-state index contributed by atoms with van der Waals surface area (Å²) in [6.45, 7) is 2.44. The highest BCUT2D eigenvalue weighted by Crippen LogP contribution is 2.15. The summed E-state index contributed by atoms with van der Waals surface area (Å²) in [7, 11) is 1.54. The van der Waals surface area contributed by atoms with Gasteiger partial charge in [0.2, 0.25) is 5.91 Å². The van der Waals surface area contributed by atoms with Crippen LogP contribution in [0.2, 0.25) is 5.15 Å². The molecule has 1 atom stereocenters. The number of rotatable bonds is 7. The Morgan fingerprint density at radius 3 is 2.80 bits per heavy atom. The Balaban J connectivity index is 2.67. The van der Waals surface area contributed by atoms with Crippen molar-refractivity contribution in [2.24, 2.45) is 0 Å². The van der Waals surface area contributed by atoms with E-state index in [0.29, 0.717) is 13.2 Å². The van der Waals surface area contributed by atoms with Crippen molar-refractivity contribution in [1.29, 1.82) is 0 Å². The van der Waals surface area contributed by atoms with Gasteiger partial charge in [-0.1, -0.05) is 11.6 Å². The van der Waals surface area contributed by atoms with Crippen molar-refractivity contribution in [2.75, 3.05) is 25.6 Å². The number of hydrogen-bond acceptors (Lipinski definition) is 5. The number of ether oxygens (including phenoxy) is 1. The molecule has 1 unspecified atom stereocenters. The fraction of sp³-hybridized carbons (Fsp3) is 0.417. The van der Waals surface area contributed by atoms with Gasteiger partial charge in [-0.15, -0.1) is 0 Å². The minimum absolute atomic E-state index is 0.000471. The smallest absolute Gasteiger partial charge is 0.335 e. The number of aromatic carboxylic acids is 1. The summed E-state index contributed by atoms with van der Waals surface area (Å²) in [4.78, 5) is 26.5. The van der Waals surface area contributed by atoms with Crippen molar-refractivity contribution in [3.8, 4) is 0 Å². The molecule has 110 valence electrons. The Morgan fingerprint density at radius 2 is 2.20 bits per heavy atom. The SMILES string of the molecule is COCCNC(=O)C(C)Nc1cc(C(=O)O)cc(Cl)n1. The average Bonchev–Trinajstić information content (AvgIpc) is 2.38. The molecular weight excluding hydrogens is 286 g/mol. The summed E-state index contributed by atoms with van der Waals surface area (Å²) in [5.41, 5.74) is -0.000471. The van der Waals surface area contributed by atoms with E-state index in [-0.39, 0.29) is 22.4 Å². The number of amides is 1. The van der Waals surface area contributed by atoms with E-state index in [9.17, 15) is 9.59 Å². The van der Waals surface area contributed by atoms with Crippen molar-refractivity contribution in [1.82, 2.24) is 10.3 Å². The predicted molar refractivity (Wildman–Crippen MR) is 74.2 cm³/mol. The van der Waals surface area contributed by atoms with Crippen molar-refractivity contribution >= 4 is 29.3 Å². The average molecular weight is 302 g/mol. The van der Waals surface area contributed by atoms with Crippen LogP contribution in [0.1, 0.15) is 17.3 Å². The zero-order valence-electron chi connectivity index (χ0n) is 11.1.